The third-order valence-corrected chi connectivity index (χ3v) is 4.38. The highest BCUT2D eigenvalue weighted by Gasteiger charge is 2.75. The maximum absolute atomic E-state index is 14.2. The van der Waals surface area contributed by atoms with Crippen molar-refractivity contribution in [2.75, 3.05) is 0 Å². The third kappa shape index (κ3) is 4.55. The largest absolute Gasteiger partial charge is 0.425 e. The zero-order valence-electron chi connectivity index (χ0n) is 13.8. The van der Waals surface area contributed by atoms with Gasteiger partial charge in [0.2, 0.25) is 0 Å². The van der Waals surface area contributed by atoms with E-state index in [9.17, 15) is 70.2 Å². The Morgan fingerprint density at radius 1 is 0.581 bits per heavy atom. The lowest BCUT2D eigenvalue weighted by molar-refractivity contribution is -0.318. The van der Waals surface area contributed by atoms with Crippen molar-refractivity contribution in [2.24, 2.45) is 0 Å². The van der Waals surface area contributed by atoms with E-state index in [0.29, 0.717) is 0 Å². The molecule has 0 N–H and O–H groups in total. The van der Waals surface area contributed by atoms with Crippen LogP contribution < -0.4 is 0 Å². The summed E-state index contributed by atoms with van der Waals surface area (Å²) in [6.07, 6.45) is -24.8. The number of hydrogen-bond acceptors (Lipinski definition) is 0. The standard InChI is InChI=1S/C14H5BrF16/c15-5-3-1-2-4(9(18,19)11(22,23)7(16)13(26,27)28)6(5)10(20,21)12(24,25)8(17)14(29,30)31/h1-3,7-8H. The fourth-order valence-corrected chi connectivity index (χ4v) is 2.80. The molecule has 1 aromatic carbocycles. The molecule has 0 amide bonds. The molecular formula is C14H5BrF16. The van der Waals surface area contributed by atoms with Gasteiger partial charge < -0.3 is 0 Å². The summed E-state index contributed by atoms with van der Waals surface area (Å²) in [6.45, 7) is 0. The van der Waals surface area contributed by atoms with Gasteiger partial charge in [0, 0.05) is 10.0 Å². The van der Waals surface area contributed by atoms with Crippen LogP contribution in [0.2, 0.25) is 0 Å². The second-order valence-electron chi connectivity index (χ2n) is 5.87. The van der Waals surface area contributed by atoms with Gasteiger partial charge in [0.1, 0.15) is 0 Å². The van der Waals surface area contributed by atoms with E-state index in [1.54, 1.807) is 0 Å². The van der Waals surface area contributed by atoms with Gasteiger partial charge in [-0.05, 0) is 6.07 Å². The van der Waals surface area contributed by atoms with Gasteiger partial charge in [0.05, 0.1) is 5.56 Å². The Hall–Kier alpha value is -1.42. The molecule has 17 heteroatoms. The van der Waals surface area contributed by atoms with Gasteiger partial charge in [-0.25, -0.2) is 8.78 Å². The predicted molar refractivity (Wildman–Crippen MR) is 73.7 cm³/mol. The van der Waals surface area contributed by atoms with Gasteiger partial charge >= 0.3 is 36.0 Å². The first-order chi connectivity index (χ1) is 13.4. The molecule has 180 valence electrons. The zero-order valence-corrected chi connectivity index (χ0v) is 15.4. The highest BCUT2D eigenvalue weighted by atomic mass is 79.9. The summed E-state index contributed by atoms with van der Waals surface area (Å²) < 4.78 is 208. The van der Waals surface area contributed by atoms with E-state index in [0.717, 1.165) is 0 Å². The van der Waals surface area contributed by atoms with E-state index in [-0.39, 0.29) is 12.1 Å². The van der Waals surface area contributed by atoms with Crippen LogP contribution in [-0.2, 0) is 11.8 Å². The fraction of sp³-hybridized carbons (Fsp3) is 0.571. The van der Waals surface area contributed by atoms with Gasteiger partial charge in [-0.2, -0.15) is 61.5 Å². The molecule has 1 rings (SSSR count). The maximum atomic E-state index is 14.2. The number of alkyl halides is 16. The van der Waals surface area contributed by atoms with Gasteiger partial charge in [-0.15, -0.1) is 0 Å². The molecule has 0 saturated carbocycles. The van der Waals surface area contributed by atoms with Crippen LogP contribution in [0, 0.1) is 0 Å². The Morgan fingerprint density at radius 2 is 0.935 bits per heavy atom. The van der Waals surface area contributed by atoms with Crippen LogP contribution in [0.5, 0.6) is 0 Å². The molecule has 0 aliphatic rings. The third-order valence-electron chi connectivity index (χ3n) is 3.71. The average molecular weight is 557 g/mol. The van der Waals surface area contributed by atoms with Crippen LogP contribution in [0.4, 0.5) is 70.2 Å². The van der Waals surface area contributed by atoms with E-state index in [4.69, 9.17) is 0 Å². The van der Waals surface area contributed by atoms with E-state index in [1.165, 1.54) is 0 Å². The summed E-state index contributed by atoms with van der Waals surface area (Å²) in [7, 11) is 0. The van der Waals surface area contributed by atoms with E-state index >= 15 is 0 Å². The fourth-order valence-electron chi connectivity index (χ4n) is 2.18. The molecule has 0 aliphatic carbocycles. The molecule has 0 saturated heterocycles. The summed E-state index contributed by atoms with van der Waals surface area (Å²) in [5.74, 6) is -27.1. The first-order valence-electron chi connectivity index (χ1n) is 7.17. The van der Waals surface area contributed by atoms with E-state index in [1.807, 2.05) is 15.9 Å². The topological polar surface area (TPSA) is 0 Å². The Labute approximate surface area is 169 Å². The lowest BCUT2D eigenvalue weighted by Gasteiger charge is -2.35. The van der Waals surface area contributed by atoms with Crippen LogP contribution in [0.3, 0.4) is 0 Å². The normalized spacial score (nSPS) is 16.9. The van der Waals surface area contributed by atoms with E-state index < -0.39 is 70.1 Å². The number of benzene rings is 1. The Kier molecular flexibility index (Phi) is 7.00. The van der Waals surface area contributed by atoms with Crippen molar-refractivity contribution in [3.8, 4) is 0 Å². The van der Waals surface area contributed by atoms with Gasteiger partial charge in [0.15, 0.2) is 0 Å². The van der Waals surface area contributed by atoms with Crippen LogP contribution in [-0.4, -0.2) is 36.5 Å². The summed E-state index contributed by atoms with van der Waals surface area (Å²) in [5, 5.41) is 0. The van der Waals surface area contributed by atoms with Crippen LogP contribution >= 0.6 is 15.9 Å². The lowest BCUT2D eigenvalue weighted by Crippen LogP contribution is -2.55. The van der Waals surface area contributed by atoms with Crippen molar-refractivity contribution in [1.29, 1.82) is 0 Å². The Balaban J connectivity index is 3.84. The quantitative estimate of drug-likeness (QED) is 0.315. The summed E-state index contributed by atoms with van der Waals surface area (Å²) in [6, 6.07) is -0.324. The minimum atomic E-state index is -6.91. The number of halogens is 17. The predicted octanol–water partition coefficient (Wildman–Crippen LogP) is 7.70. The molecule has 0 heterocycles. The van der Waals surface area contributed by atoms with Crippen molar-refractivity contribution in [3.63, 3.8) is 0 Å². The van der Waals surface area contributed by atoms with Crippen LogP contribution in [0.15, 0.2) is 22.7 Å². The highest BCUT2D eigenvalue weighted by molar-refractivity contribution is 9.10. The molecule has 31 heavy (non-hydrogen) atoms. The molecule has 0 nitrogen and oxygen atoms in total. The summed E-state index contributed by atoms with van der Waals surface area (Å²) in [5.41, 5.74) is -6.20. The number of hydrogen-bond donors (Lipinski definition) is 0. The molecule has 1 aromatic rings. The maximum Gasteiger partial charge on any atom is 0.425 e. The molecule has 0 bridgehead atoms. The molecular weight excluding hydrogens is 552 g/mol. The molecule has 0 fully saturated rings. The second kappa shape index (κ2) is 7.86. The molecule has 0 aliphatic heterocycles. The zero-order chi connectivity index (χ0) is 25.0. The smallest absolute Gasteiger partial charge is 0.230 e. The first kappa shape index (κ1) is 27.6. The summed E-state index contributed by atoms with van der Waals surface area (Å²) >= 11 is 1.90. The van der Waals surface area contributed by atoms with Crippen molar-refractivity contribution < 1.29 is 70.2 Å². The van der Waals surface area contributed by atoms with Crippen molar-refractivity contribution in [1.82, 2.24) is 0 Å². The van der Waals surface area contributed by atoms with E-state index in [2.05, 4.69) is 0 Å². The minimum Gasteiger partial charge on any atom is -0.230 e. The lowest BCUT2D eigenvalue weighted by atomic mass is 9.88. The summed E-state index contributed by atoms with van der Waals surface area (Å²) in [4.78, 5) is 0. The van der Waals surface area contributed by atoms with Crippen molar-refractivity contribution >= 4 is 15.9 Å². The number of rotatable bonds is 6. The SMILES string of the molecule is FC(C(F)(F)F)C(F)(F)C(F)(F)c1cccc(Br)c1C(F)(F)C(F)(F)C(F)C(F)(F)F. The molecule has 0 radical (unpaired) electrons. The van der Waals surface area contributed by atoms with Gasteiger partial charge in [-0.3, -0.25) is 0 Å². The molecule has 0 spiro atoms. The van der Waals surface area contributed by atoms with Crippen molar-refractivity contribution in [2.45, 2.75) is 48.4 Å². The van der Waals surface area contributed by atoms with Gasteiger partial charge in [-0.1, -0.05) is 28.1 Å². The monoisotopic (exact) mass is 556 g/mol. The van der Waals surface area contributed by atoms with Gasteiger partial charge in [0.25, 0.3) is 12.3 Å². The second-order valence-corrected chi connectivity index (χ2v) is 6.72. The minimum absolute atomic E-state index is 0.124. The Bertz CT molecular complexity index is 792. The highest BCUT2D eigenvalue weighted by Crippen LogP contribution is 2.57. The molecule has 2 atom stereocenters. The molecule has 0 aromatic heterocycles. The average Bonchev–Trinajstić information content (AvgIpc) is 2.57. The van der Waals surface area contributed by atoms with Crippen molar-refractivity contribution in [3.05, 3.63) is 33.8 Å². The van der Waals surface area contributed by atoms with Crippen LogP contribution in [0.1, 0.15) is 11.1 Å². The first-order valence-corrected chi connectivity index (χ1v) is 7.96. The van der Waals surface area contributed by atoms with Crippen LogP contribution in [0.25, 0.3) is 0 Å². The Morgan fingerprint density at radius 3 is 1.29 bits per heavy atom. The molecule has 2 unspecified atom stereocenters.